The maximum absolute atomic E-state index is 12.1. The molecule has 110 valence electrons. The van der Waals surface area contributed by atoms with E-state index in [-0.39, 0.29) is 6.04 Å². The number of rotatable bonds is 3. The Kier molecular flexibility index (Phi) is 5.35. The summed E-state index contributed by atoms with van der Waals surface area (Å²) in [4.78, 5) is 0. The highest BCUT2D eigenvalue weighted by atomic mass is 32.2. The standard InChI is InChI=1S/C15H22N2O2S/c1-12(17-20(18,19)15(2,3)4)14-9-5-7-13(11-14)8-6-10-16/h5,7,9,11-12,17H,10,16H2,1-4H3. The number of hydrogen-bond acceptors (Lipinski definition) is 3. The van der Waals surface area contributed by atoms with Crippen molar-refractivity contribution in [3.05, 3.63) is 35.4 Å². The van der Waals surface area contributed by atoms with Gasteiger partial charge in [0.05, 0.1) is 11.3 Å². The Hall–Kier alpha value is -1.35. The molecule has 1 atom stereocenters. The smallest absolute Gasteiger partial charge is 0.217 e. The van der Waals surface area contributed by atoms with Crippen LogP contribution in [0.1, 0.15) is 44.9 Å². The minimum Gasteiger partial charge on any atom is -0.320 e. The van der Waals surface area contributed by atoms with Crippen molar-refractivity contribution in [2.24, 2.45) is 5.73 Å². The van der Waals surface area contributed by atoms with E-state index in [0.717, 1.165) is 11.1 Å². The Morgan fingerprint density at radius 1 is 1.35 bits per heavy atom. The highest BCUT2D eigenvalue weighted by Crippen LogP contribution is 2.20. The van der Waals surface area contributed by atoms with Crippen LogP contribution in [0.25, 0.3) is 0 Å². The quantitative estimate of drug-likeness (QED) is 0.835. The molecule has 1 aromatic carbocycles. The second kappa shape index (κ2) is 6.40. The highest BCUT2D eigenvalue weighted by molar-refractivity contribution is 7.90. The summed E-state index contributed by atoms with van der Waals surface area (Å²) in [6, 6.07) is 7.18. The van der Waals surface area contributed by atoms with Gasteiger partial charge in [-0.15, -0.1) is 0 Å². The van der Waals surface area contributed by atoms with E-state index in [1.807, 2.05) is 31.2 Å². The molecule has 0 radical (unpaired) electrons. The molecular weight excluding hydrogens is 272 g/mol. The Bertz CT molecular complexity index is 619. The van der Waals surface area contributed by atoms with Crippen LogP contribution in [-0.2, 0) is 10.0 Å². The molecule has 0 aromatic heterocycles. The first-order valence-electron chi connectivity index (χ1n) is 6.48. The zero-order valence-electron chi connectivity index (χ0n) is 12.4. The van der Waals surface area contributed by atoms with Gasteiger partial charge in [-0.3, -0.25) is 0 Å². The van der Waals surface area contributed by atoms with Crippen molar-refractivity contribution in [1.29, 1.82) is 0 Å². The van der Waals surface area contributed by atoms with Crippen molar-refractivity contribution in [3.63, 3.8) is 0 Å². The second-order valence-corrected chi connectivity index (χ2v) is 8.05. The molecule has 0 bridgehead atoms. The molecule has 0 aliphatic rings. The van der Waals surface area contributed by atoms with Gasteiger partial charge in [0.2, 0.25) is 10.0 Å². The molecule has 1 aromatic rings. The van der Waals surface area contributed by atoms with E-state index in [0.29, 0.717) is 6.54 Å². The predicted octanol–water partition coefficient (Wildman–Crippen LogP) is 1.78. The van der Waals surface area contributed by atoms with Crippen LogP contribution in [0.3, 0.4) is 0 Å². The molecule has 0 saturated carbocycles. The molecule has 4 nitrogen and oxygen atoms in total. The number of sulfonamides is 1. The van der Waals surface area contributed by atoms with Gasteiger partial charge in [0.25, 0.3) is 0 Å². The molecule has 1 rings (SSSR count). The van der Waals surface area contributed by atoms with Gasteiger partial charge < -0.3 is 5.73 Å². The third-order valence-corrected chi connectivity index (χ3v) is 5.14. The number of nitrogens with one attached hydrogen (secondary N) is 1. The summed E-state index contributed by atoms with van der Waals surface area (Å²) >= 11 is 0. The van der Waals surface area contributed by atoms with Gasteiger partial charge >= 0.3 is 0 Å². The van der Waals surface area contributed by atoms with Crippen LogP contribution < -0.4 is 10.5 Å². The monoisotopic (exact) mass is 294 g/mol. The van der Waals surface area contributed by atoms with E-state index in [1.54, 1.807) is 20.8 Å². The van der Waals surface area contributed by atoms with E-state index >= 15 is 0 Å². The highest BCUT2D eigenvalue weighted by Gasteiger charge is 2.30. The molecular formula is C15H22N2O2S. The topological polar surface area (TPSA) is 72.2 Å². The summed E-state index contributed by atoms with van der Waals surface area (Å²) in [7, 11) is -3.38. The SMILES string of the molecule is CC(NS(=O)(=O)C(C)(C)C)c1cccc(C#CCN)c1. The van der Waals surface area contributed by atoms with E-state index < -0.39 is 14.8 Å². The van der Waals surface area contributed by atoms with Crippen molar-refractivity contribution in [2.75, 3.05) is 6.54 Å². The second-order valence-electron chi connectivity index (χ2n) is 5.59. The summed E-state index contributed by atoms with van der Waals surface area (Å²) < 4.78 is 26.1. The van der Waals surface area contributed by atoms with Crippen LogP contribution in [0.5, 0.6) is 0 Å². The molecule has 20 heavy (non-hydrogen) atoms. The van der Waals surface area contributed by atoms with E-state index in [2.05, 4.69) is 16.6 Å². The molecule has 0 fully saturated rings. The van der Waals surface area contributed by atoms with Crippen LogP contribution in [0.4, 0.5) is 0 Å². The summed E-state index contributed by atoms with van der Waals surface area (Å²) in [5.41, 5.74) is 7.05. The normalized spacial score (nSPS) is 13.4. The maximum Gasteiger partial charge on any atom is 0.217 e. The molecule has 0 spiro atoms. The Labute approximate surface area is 121 Å². The fourth-order valence-electron chi connectivity index (χ4n) is 1.52. The molecule has 5 heteroatoms. The van der Waals surface area contributed by atoms with E-state index in [9.17, 15) is 8.42 Å². The van der Waals surface area contributed by atoms with Gasteiger partial charge in [0.1, 0.15) is 0 Å². The first-order chi connectivity index (χ1) is 9.17. The summed E-state index contributed by atoms with van der Waals surface area (Å²) in [5.74, 6) is 5.72. The molecule has 0 heterocycles. The first-order valence-corrected chi connectivity index (χ1v) is 7.96. The van der Waals surface area contributed by atoms with Gasteiger partial charge in [-0.2, -0.15) is 0 Å². The third kappa shape index (κ3) is 4.34. The fraction of sp³-hybridized carbons (Fsp3) is 0.467. The van der Waals surface area contributed by atoms with E-state index in [1.165, 1.54) is 0 Å². The van der Waals surface area contributed by atoms with Gasteiger partial charge in [0, 0.05) is 11.6 Å². The average molecular weight is 294 g/mol. The van der Waals surface area contributed by atoms with Crippen molar-refractivity contribution in [2.45, 2.75) is 38.5 Å². The van der Waals surface area contributed by atoms with Crippen molar-refractivity contribution in [3.8, 4) is 11.8 Å². The molecule has 0 amide bonds. The van der Waals surface area contributed by atoms with Crippen LogP contribution in [-0.4, -0.2) is 19.7 Å². The molecule has 1 unspecified atom stereocenters. The predicted molar refractivity (Wildman–Crippen MR) is 82.6 cm³/mol. The Morgan fingerprint density at radius 3 is 2.55 bits per heavy atom. The molecule has 0 saturated heterocycles. The Morgan fingerprint density at radius 2 is 2.00 bits per heavy atom. The lowest BCUT2D eigenvalue weighted by Gasteiger charge is -2.23. The zero-order valence-corrected chi connectivity index (χ0v) is 13.2. The van der Waals surface area contributed by atoms with Crippen LogP contribution in [0.2, 0.25) is 0 Å². The number of benzene rings is 1. The lowest BCUT2D eigenvalue weighted by Crippen LogP contribution is -2.40. The van der Waals surface area contributed by atoms with Crippen molar-refractivity contribution in [1.82, 2.24) is 4.72 Å². The summed E-state index contributed by atoms with van der Waals surface area (Å²) in [6.45, 7) is 7.14. The summed E-state index contributed by atoms with van der Waals surface area (Å²) in [5, 5.41) is 0. The lowest BCUT2D eigenvalue weighted by atomic mass is 10.1. The van der Waals surface area contributed by atoms with Crippen LogP contribution >= 0.6 is 0 Å². The summed E-state index contributed by atoms with van der Waals surface area (Å²) in [6.07, 6.45) is 0. The Balaban J connectivity index is 2.96. The van der Waals surface area contributed by atoms with Gasteiger partial charge in [-0.05, 0) is 45.4 Å². The van der Waals surface area contributed by atoms with Crippen LogP contribution in [0, 0.1) is 11.8 Å². The molecule has 3 N–H and O–H groups in total. The minimum absolute atomic E-state index is 0.302. The lowest BCUT2D eigenvalue weighted by molar-refractivity contribution is 0.532. The largest absolute Gasteiger partial charge is 0.320 e. The number of hydrogen-bond donors (Lipinski definition) is 2. The minimum atomic E-state index is -3.38. The van der Waals surface area contributed by atoms with Gasteiger partial charge in [0.15, 0.2) is 0 Å². The van der Waals surface area contributed by atoms with E-state index in [4.69, 9.17) is 5.73 Å². The maximum atomic E-state index is 12.1. The number of nitrogens with two attached hydrogens (primary N) is 1. The zero-order chi connectivity index (χ0) is 15.4. The van der Waals surface area contributed by atoms with Crippen molar-refractivity contribution >= 4 is 10.0 Å². The third-order valence-electron chi connectivity index (χ3n) is 2.86. The van der Waals surface area contributed by atoms with Gasteiger partial charge in [-0.1, -0.05) is 24.0 Å². The molecule has 0 aliphatic carbocycles. The fourth-order valence-corrected chi connectivity index (χ4v) is 2.47. The first kappa shape index (κ1) is 16.7. The van der Waals surface area contributed by atoms with Gasteiger partial charge in [-0.25, -0.2) is 13.1 Å². The van der Waals surface area contributed by atoms with Crippen molar-refractivity contribution < 1.29 is 8.42 Å². The molecule has 0 aliphatic heterocycles. The van der Waals surface area contributed by atoms with Crippen LogP contribution in [0.15, 0.2) is 24.3 Å². The average Bonchev–Trinajstić information content (AvgIpc) is 2.35.